The van der Waals surface area contributed by atoms with Crippen LogP contribution in [-0.4, -0.2) is 18.1 Å². The molecule has 0 aliphatic heterocycles. The van der Waals surface area contributed by atoms with Crippen molar-refractivity contribution in [2.75, 3.05) is 5.32 Å². The molecule has 2 N–H and O–H groups in total. The van der Waals surface area contributed by atoms with Crippen molar-refractivity contribution < 1.29 is 18.0 Å². The van der Waals surface area contributed by atoms with Crippen LogP contribution in [0, 0.1) is 0 Å². The van der Waals surface area contributed by atoms with E-state index >= 15 is 0 Å². The first-order valence-electron chi connectivity index (χ1n) is 5.66. The van der Waals surface area contributed by atoms with Crippen molar-refractivity contribution in [1.82, 2.24) is 5.32 Å². The standard InChI is InChI=1S/C13H15F3N2O/c1-3-9(2)17-8-10-5-4-6-11(7-10)18-12(19)13(14,15)16/h3-7,9,17H,1,8H2,2H3,(H,18,19). The Bertz CT molecular complexity index is 457. The fourth-order valence-electron chi connectivity index (χ4n) is 1.32. The third-order valence-electron chi connectivity index (χ3n) is 2.42. The molecule has 6 heteroatoms. The van der Waals surface area contributed by atoms with Crippen LogP contribution in [0.3, 0.4) is 0 Å². The van der Waals surface area contributed by atoms with E-state index in [1.807, 2.05) is 12.2 Å². The van der Waals surface area contributed by atoms with Crippen LogP contribution in [0.15, 0.2) is 36.9 Å². The van der Waals surface area contributed by atoms with E-state index < -0.39 is 12.1 Å². The van der Waals surface area contributed by atoms with Gasteiger partial charge in [-0.2, -0.15) is 13.2 Å². The fraction of sp³-hybridized carbons (Fsp3) is 0.308. The number of hydrogen-bond acceptors (Lipinski definition) is 2. The molecule has 0 spiro atoms. The Balaban J connectivity index is 2.67. The number of hydrogen-bond donors (Lipinski definition) is 2. The van der Waals surface area contributed by atoms with E-state index in [0.717, 1.165) is 5.56 Å². The smallest absolute Gasteiger partial charge is 0.318 e. The Kier molecular flexibility index (Phi) is 5.11. The second-order valence-electron chi connectivity index (χ2n) is 4.06. The summed E-state index contributed by atoms with van der Waals surface area (Å²) in [5.41, 5.74) is 0.890. The molecule has 0 aliphatic rings. The zero-order valence-corrected chi connectivity index (χ0v) is 10.4. The average molecular weight is 272 g/mol. The van der Waals surface area contributed by atoms with E-state index in [1.165, 1.54) is 12.1 Å². The molecule has 0 heterocycles. The number of rotatable bonds is 5. The predicted octanol–water partition coefficient (Wildman–Crippen LogP) is 2.85. The lowest BCUT2D eigenvalue weighted by atomic mass is 10.2. The molecule has 0 bridgehead atoms. The number of halogens is 3. The van der Waals surface area contributed by atoms with Gasteiger partial charge in [0.2, 0.25) is 0 Å². The molecule has 104 valence electrons. The van der Waals surface area contributed by atoms with Gasteiger partial charge < -0.3 is 10.6 Å². The largest absolute Gasteiger partial charge is 0.471 e. The highest BCUT2D eigenvalue weighted by atomic mass is 19.4. The number of benzene rings is 1. The van der Waals surface area contributed by atoms with Gasteiger partial charge in [0.25, 0.3) is 0 Å². The summed E-state index contributed by atoms with van der Waals surface area (Å²) in [6, 6.07) is 6.33. The highest BCUT2D eigenvalue weighted by Crippen LogP contribution is 2.18. The summed E-state index contributed by atoms with van der Waals surface area (Å²) in [6.07, 6.45) is -3.17. The number of carbonyl (C=O) groups excluding carboxylic acids is 1. The lowest BCUT2D eigenvalue weighted by Crippen LogP contribution is -2.30. The molecule has 1 aromatic rings. The maximum Gasteiger partial charge on any atom is 0.471 e. The van der Waals surface area contributed by atoms with Gasteiger partial charge >= 0.3 is 12.1 Å². The van der Waals surface area contributed by atoms with E-state index in [1.54, 1.807) is 18.2 Å². The molecule has 0 aromatic heterocycles. The Morgan fingerprint density at radius 1 is 1.47 bits per heavy atom. The monoisotopic (exact) mass is 272 g/mol. The summed E-state index contributed by atoms with van der Waals surface area (Å²) in [6.45, 7) is 5.99. The van der Waals surface area contributed by atoms with E-state index in [4.69, 9.17) is 0 Å². The normalized spacial score (nSPS) is 12.8. The molecule has 0 radical (unpaired) electrons. The maximum atomic E-state index is 12.1. The molecule has 19 heavy (non-hydrogen) atoms. The van der Waals surface area contributed by atoms with E-state index in [9.17, 15) is 18.0 Å². The second-order valence-corrected chi connectivity index (χ2v) is 4.06. The Labute approximate surface area is 109 Å². The van der Waals surface area contributed by atoms with Gasteiger partial charge in [0.15, 0.2) is 0 Å². The third kappa shape index (κ3) is 5.13. The van der Waals surface area contributed by atoms with Crippen molar-refractivity contribution >= 4 is 11.6 Å². The molecule has 3 nitrogen and oxygen atoms in total. The van der Waals surface area contributed by atoms with Gasteiger partial charge in [-0.1, -0.05) is 18.2 Å². The summed E-state index contributed by atoms with van der Waals surface area (Å²) in [4.78, 5) is 10.8. The lowest BCUT2D eigenvalue weighted by molar-refractivity contribution is -0.167. The number of anilines is 1. The van der Waals surface area contributed by atoms with Gasteiger partial charge in [-0.05, 0) is 24.6 Å². The van der Waals surface area contributed by atoms with Crippen LogP contribution in [-0.2, 0) is 11.3 Å². The van der Waals surface area contributed by atoms with Crippen LogP contribution in [0.5, 0.6) is 0 Å². The Morgan fingerprint density at radius 3 is 2.74 bits per heavy atom. The molecule has 1 atom stereocenters. The SMILES string of the molecule is C=CC(C)NCc1cccc(NC(=O)C(F)(F)F)c1. The molecule has 1 rings (SSSR count). The molecule has 1 aromatic carbocycles. The van der Waals surface area contributed by atoms with Crippen molar-refractivity contribution in [3.63, 3.8) is 0 Å². The van der Waals surface area contributed by atoms with E-state index in [-0.39, 0.29) is 11.7 Å². The minimum Gasteiger partial charge on any atom is -0.318 e. The Morgan fingerprint density at radius 2 is 2.16 bits per heavy atom. The predicted molar refractivity (Wildman–Crippen MR) is 67.6 cm³/mol. The topological polar surface area (TPSA) is 41.1 Å². The minimum atomic E-state index is -4.88. The molecule has 0 aliphatic carbocycles. The quantitative estimate of drug-likeness (QED) is 0.809. The first-order chi connectivity index (χ1) is 8.82. The van der Waals surface area contributed by atoms with Crippen LogP contribution >= 0.6 is 0 Å². The van der Waals surface area contributed by atoms with Crippen molar-refractivity contribution in [2.24, 2.45) is 0 Å². The molecule has 0 fully saturated rings. The van der Waals surface area contributed by atoms with Gasteiger partial charge in [0, 0.05) is 18.3 Å². The summed E-state index contributed by atoms with van der Waals surface area (Å²) < 4.78 is 36.3. The van der Waals surface area contributed by atoms with E-state index in [2.05, 4.69) is 11.9 Å². The second kappa shape index (κ2) is 6.38. The van der Waals surface area contributed by atoms with Crippen LogP contribution < -0.4 is 10.6 Å². The van der Waals surface area contributed by atoms with Crippen molar-refractivity contribution in [1.29, 1.82) is 0 Å². The highest BCUT2D eigenvalue weighted by molar-refractivity contribution is 5.94. The zero-order valence-electron chi connectivity index (χ0n) is 10.4. The van der Waals surface area contributed by atoms with Gasteiger partial charge in [0.05, 0.1) is 0 Å². The average Bonchev–Trinajstić information content (AvgIpc) is 2.35. The number of nitrogens with one attached hydrogen (secondary N) is 2. The van der Waals surface area contributed by atoms with Crippen molar-refractivity contribution in [3.8, 4) is 0 Å². The summed E-state index contributed by atoms with van der Waals surface area (Å²) in [5, 5.41) is 4.92. The van der Waals surface area contributed by atoms with Crippen LogP contribution in [0.25, 0.3) is 0 Å². The van der Waals surface area contributed by atoms with Crippen molar-refractivity contribution in [2.45, 2.75) is 25.7 Å². The van der Waals surface area contributed by atoms with Gasteiger partial charge in [-0.15, -0.1) is 6.58 Å². The third-order valence-corrected chi connectivity index (χ3v) is 2.42. The summed E-state index contributed by atoms with van der Waals surface area (Å²) in [7, 11) is 0. The van der Waals surface area contributed by atoms with Crippen molar-refractivity contribution in [3.05, 3.63) is 42.5 Å². The molecule has 0 saturated carbocycles. The lowest BCUT2D eigenvalue weighted by Gasteiger charge is -2.11. The first kappa shape index (κ1) is 15.2. The van der Waals surface area contributed by atoms with Crippen LogP contribution in [0.1, 0.15) is 12.5 Å². The summed E-state index contributed by atoms with van der Waals surface area (Å²) in [5.74, 6) is -1.97. The molecule has 0 saturated heterocycles. The summed E-state index contributed by atoms with van der Waals surface area (Å²) >= 11 is 0. The first-order valence-corrected chi connectivity index (χ1v) is 5.66. The minimum absolute atomic E-state index is 0.0911. The number of alkyl halides is 3. The number of carbonyl (C=O) groups is 1. The zero-order chi connectivity index (χ0) is 14.5. The Hall–Kier alpha value is -1.82. The van der Waals surface area contributed by atoms with Gasteiger partial charge in [-0.25, -0.2) is 0 Å². The van der Waals surface area contributed by atoms with Crippen LogP contribution in [0.4, 0.5) is 18.9 Å². The maximum absolute atomic E-state index is 12.1. The molecular weight excluding hydrogens is 257 g/mol. The number of amides is 1. The fourth-order valence-corrected chi connectivity index (χ4v) is 1.32. The molecule has 1 amide bonds. The van der Waals surface area contributed by atoms with Gasteiger partial charge in [0.1, 0.15) is 0 Å². The highest BCUT2D eigenvalue weighted by Gasteiger charge is 2.38. The molecular formula is C13H15F3N2O. The van der Waals surface area contributed by atoms with Gasteiger partial charge in [-0.3, -0.25) is 4.79 Å². The van der Waals surface area contributed by atoms with Crippen LogP contribution in [0.2, 0.25) is 0 Å². The molecule has 1 unspecified atom stereocenters. The van der Waals surface area contributed by atoms with E-state index in [0.29, 0.717) is 6.54 Å².